The fourth-order valence-corrected chi connectivity index (χ4v) is 2.37. The van der Waals surface area contributed by atoms with Gasteiger partial charge in [-0.05, 0) is 24.3 Å². The molecule has 0 atom stereocenters. The Kier molecular flexibility index (Phi) is 4.24. The number of nitrogens with one attached hydrogen (secondary N) is 1. The number of carbonyl (C=O) groups excluding carboxylic acids is 1. The van der Waals surface area contributed by atoms with Crippen molar-refractivity contribution in [3.63, 3.8) is 0 Å². The van der Waals surface area contributed by atoms with Gasteiger partial charge in [0.1, 0.15) is 0 Å². The smallest absolute Gasteiger partial charge is 0.257 e. The van der Waals surface area contributed by atoms with E-state index in [-0.39, 0.29) is 5.91 Å². The second-order valence-electron chi connectivity index (χ2n) is 4.90. The Morgan fingerprint density at radius 1 is 1.04 bits per heavy atom. The summed E-state index contributed by atoms with van der Waals surface area (Å²) in [5, 5.41) is 7.33. The molecule has 124 valence electrons. The molecule has 0 aliphatic carbocycles. The van der Waals surface area contributed by atoms with Crippen LogP contribution in [0.25, 0.3) is 11.0 Å². The van der Waals surface area contributed by atoms with E-state index in [0.29, 0.717) is 34.2 Å². The van der Waals surface area contributed by atoms with Crippen LogP contribution in [0, 0.1) is 0 Å². The number of nitrogens with zero attached hydrogens (tertiary/aromatic N) is 1. The van der Waals surface area contributed by atoms with E-state index < -0.39 is 0 Å². The van der Waals surface area contributed by atoms with Crippen molar-refractivity contribution in [3.05, 3.63) is 42.0 Å². The fraction of sp³-hybridized carbons (Fsp3) is 0.176. The van der Waals surface area contributed by atoms with Crippen LogP contribution >= 0.6 is 0 Å². The number of ether oxygens (including phenoxy) is 3. The van der Waals surface area contributed by atoms with Crippen molar-refractivity contribution in [1.82, 2.24) is 5.16 Å². The van der Waals surface area contributed by atoms with Gasteiger partial charge in [0, 0.05) is 5.56 Å². The van der Waals surface area contributed by atoms with Crippen LogP contribution in [-0.4, -0.2) is 32.4 Å². The summed E-state index contributed by atoms with van der Waals surface area (Å²) in [5.41, 5.74) is 0.939. The lowest BCUT2D eigenvalue weighted by atomic mass is 10.1. The molecule has 1 heterocycles. The lowest BCUT2D eigenvalue weighted by Gasteiger charge is -2.13. The van der Waals surface area contributed by atoms with Crippen molar-refractivity contribution in [1.29, 1.82) is 0 Å². The quantitative estimate of drug-likeness (QED) is 0.775. The fourth-order valence-electron chi connectivity index (χ4n) is 2.37. The molecule has 0 fully saturated rings. The second-order valence-corrected chi connectivity index (χ2v) is 4.90. The number of hydrogen-bond acceptors (Lipinski definition) is 6. The summed E-state index contributed by atoms with van der Waals surface area (Å²) in [6, 6.07) is 10.4. The number of rotatable bonds is 5. The van der Waals surface area contributed by atoms with E-state index in [1.165, 1.54) is 21.3 Å². The van der Waals surface area contributed by atoms with Crippen LogP contribution in [0.3, 0.4) is 0 Å². The van der Waals surface area contributed by atoms with E-state index >= 15 is 0 Å². The van der Waals surface area contributed by atoms with Crippen LogP contribution < -0.4 is 19.5 Å². The summed E-state index contributed by atoms with van der Waals surface area (Å²) >= 11 is 0. The number of carbonyl (C=O) groups is 1. The van der Waals surface area contributed by atoms with Crippen molar-refractivity contribution in [2.75, 3.05) is 26.6 Å². The largest absolute Gasteiger partial charge is 0.493 e. The molecule has 1 amide bonds. The molecule has 0 saturated carbocycles. The van der Waals surface area contributed by atoms with Gasteiger partial charge in [0.05, 0.1) is 26.7 Å². The predicted octanol–water partition coefficient (Wildman–Crippen LogP) is 3.11. The minimum atomic E-state index is -0.367. The van der Waals surface area contributed by atoms with E-state index in [0.717, 1.165) is 5.39 Å². The Morgan fingerprint density at radius 2 is 1.71 bits per heavy atom. The maximum Gasteiger partial charge on any atom is 0.257 e. The van der Waals surface area contributed by atoms with Crippen LogP contribution in [-0.2, 0) is 0 Å². The van der Waals surface area contributed by atoms with Crippen LogP contribution in [0.4, 0.5) is 5.82 Å². The lowest BCUT2D eigenvalue weighted by molar-refractivity contribution is 0.102. The molecule has 3 rings (SSSR count). The van der Waals surface area contributed by atoms with Crippen LogP contribution in [0.1, 0.15) is 10.4 Å². The molecule has 0 bridgehead atoms. The number of anilines is 1. The molecule has 24 heavy (non-hydrogen) atoms. The number of fused-ring (bicyclic) bond motifs is 1. The van der Waals surface area contributed by atoms with Gasteiger partial charge < -0.3 is 24.1 Å². The molecular weight excluding hydrogens is 312 g/mol. The molecule has 7 heteroatoms. The maximum atomic E-state index is 12.5. The van der Waals surface area contributed by atoms with Crippen LogP contribution in [0.5, 0.6) is 17.2 Å². The number of methoxy groups -OCH3 is 3. The van der Waals surface area contributed by atoms with E-state index in [2.05, 4.69) is 10.5 Å². The van der Waals surface area contributed by atoms with Gasteiger partial charge in [-0.3, -0.25) is 4.79 Å². The molecule has 0 unspecified atom stereocenters. The molecule has 1 N–H and O–H groups in total. The zero-order valence-corrected chi connectivity index (χ0v) is 13.5. The first-order valence-corrected chi connectivity index (χ1v) is 7.13. The Labute approximate surface area is 138 Å². The van der Waals surface area contributed by atoms with Crippen LogP contribution in [0.2, 0.25) is 0 Å². The summed E-state index contributed by atoms with van der Waals surface area (Å²) in [6.07, 6.45) is 0. The van der Waals surface area contributed by atoms with E-state index in [9.17, 15) is 4.79 Å². The number of hydrogen-bond donors (Lipinski definition) is 1. The highest BCUT2D eigenvalue weighted by Gasteiger charge is 2.18. The van der Waals surface area contributed by atoms with Crippen molar-refractivity contribution in [3.8, 4) is 17.2 Å². The van der Waals surface area contributed by atoms with E-state index in [1.54, 1.807) is 18.2 Å². The topological polar surface area (TPSA) is 82.8 Å². The number of amides is 1. The monoisotopic (exact) mass is 328 g/mol. The summed E-state index contributed by atoms with van der Waals surface area (Å²) in [6.45, 7) is 0. The van der Waals surface area contributed by atoms with Crippen molar-refractivity contribution in [2.24, 2.45) is 0 Å². The van der Waals surface area contributed by atoms with Crippen LogP contribution in [0.15, 0.2) is 40.9 Å². The SMILES string of the molecule is COc1cc(C(=O)Nc2noc3ccccc23)cc(OC)c1OC. The Bertz CT molecular complexity index is 863. The first-order valence-electron chi connectivity index (χ1n) is 7.13. The molecule has 0 saturated heterocycles. The van der Waals surface area contributed by atoms with Gasteiger partial charge in [0.15, 0.2) is 22.9 Å². The third kappa shape index (κ3) is 2.71. The molecule has 2 aromatic carbocycles. The van der Waals surface area contributed by atoms with Gasteiger partial charge in [0.2, 0.25) is 5.75 Å². The highest BCUT2D eigenvalue weighted by atomic mass is 16.5. The van der Waals surface area contributed by atoms with Crippen molar-refractivity contribution < 1.29 is 23.5 Å². The molecule has 3 aromatic rings. The molecule has 0 radical (unpaired) electrons. The number of para-hydroxylation sites is 1. The first kappa shape index (κ1) is 15.7. The van der Waals surface area contributed by atoms with Gasteiger partial charge in [-0.25, -0.2) is 0 Å². The normalized spacial score (nSPS) is 10.5. The van der Waals surface area contributed by atoms with Gasteiger partial charge in [0.25, 0.3) is 5.91 Å². The highest BCUT2D eigenvalue weighted by molar-refractivity contribution is 6.08. The van der Waals surface area contributed by atoms with Gasteiger partial charge in [-0.15, -0.1) is 0 Å². The Morgan fingerprint density at radius 3 is 2.33 bits per heavy atom. The standard InChI is InChI=1S/C17H16N2O5/c1-21-13-8-10(9-14(22-2)15(13)23-3)17(20)18-16-11-6-4-5-7-12(11)24-19-16/h4-9H,1-3H3,(H,18,19,20). The molecule has 0 spiro atoms. The first-order chi connectivity index (χ1) is 11.7. The average molecular weight is 328 g/mol. The molecule has 7 nitrogen and oxygen atoms in total. The lowest BCUT2D eigenvalue weighted by Crippen LogP contribution is -2.13. The maximum absolute atomic E-state index is 12.5. The number of aromatic nitrogens is 1. The summed E-state index contributed by atoms with van der Waals surface area (Å²) in [7, 11) is 4.48. The average Bonchev–Trinajstić information content (AvgIpc) is 3.03. The molecular formula is C17H16N2O5. The van der Waals surface area contributed by atoms with E-state index in [1.807, 2.05) is 18.2 Å². The summed E-state index contributed by atoms with van der Waals surface area (Å²) < 4.78 is 20.9. The number of benzene rings is 2. The zero-order chi connectivity index (χ0) is 17.1. The molecule has 0 aliphatic rings. The second kappa shape index (κ2) is 6.49. The molecule has 0 aliphatic heterocycles. The van der Waals surface area contributed by atoms with Gasteiger partial charge >= 0.3 is 0 Å². The van der Waals surface area contributed by atoms with Gasteiger partial charge in [-0.1, -0.05) is 17.3 Å². The minimum absolute atomic E-state index is 0.344. The Hall–Kier alpha value is -3.22. The highest BCUT2D eigenvalue weighted by Crippen LogP contribution is 2.38. The third-order valence-electron chi connectivity index (χ3n) is 3.54. The van der Waals surface area contributed by atoms with E-state index in [4.69, 9.17) is 18.7 Å². The van der Waals surface area contributed by atoms with Crippen molar-refractivity contribution in [2.45, 2.75) is 0 Å². The molecule has 1 aromatic heterocycles. The zero-order valence-electron chi connectivity index (χ0n) is 13.5. The Balaban J connectivity index is 1.95. The summed E-state index contributed by atoms with van der Waals surface area (Å²) in [5.74, 6) is 1.19. The third-order valence-corrected chi connectivity index (χ3v) is 3.54. The predicted molar refractivity (Wildman–Crippen MR) is 88.1 cm³/mol. The summed E-state index contributed by atoms with van der Waals surface area (Å²) in [4.78, 5) is 12.5. The minimum Gasteiger partial charge on any atom is -0.493 e. The van der Waals surface area contributed by atoms with Crippen molar-refractivity contribution >= 4 is 22.7 Å². The van der Waals surface area contributed by atoms with Gasteiger partial charge in [-0.2, -0.15) is 0 Å².